The van der Waals surface area contributed by atoms with Crippen molar-refractivity contribution in [1.82, 2.24) is 0 Å². The molecule has 11 heavy (non-hydrogen) atoms. The fourth-order valence-corrected chi connectivity index (χ4v) is 0.835. The van der Waals surface area contributed by atoms with E-state index in [2.05, 4.69) is 6.72 Å². The van der Waals surface area contributed by atoms with Crippen molar-refractivity contribution in [2.75, 3.05) is 13.6 Å². The van der Waals surface area contributed by atoms with Gasteiger partial charge in [-0.05, 0) is 12.8 Å². The van der Waals surface area contributed by atoms with Gasteiger partial charge in [0.15, 0.2) is 0 Å². The zero-order valence-corrected chi connectivity index (χ0v) is 7.05. The average Bonchev–Trinajstić information content (AvgIpc) is 1.85. The second-order valence-electron chi connectivity index (χ2n) is 2.78. The first-order chi connectivity index (χ1) is 5.13. The number of carboxylic acids is 1. The topological polar surface area (TPSA) is 40.3 Å². The van der Waals surface area contributed by atoms with Crippen LogP contribution in [-0.4, -0.2) is 36.0 Å². The van der Waals surface area contributed by atoms with E-state index in [9.17, 15) is 4.79 Å². The molecule has 0 aliphatic carbocycles. The van der Waals surface area contributed by atoms with E-state index >= 15 is 0 Å². The normalized spacial score (nSPS) is 9.55. The SMILES string of the molecule is C=[N+](C)CCCCCC(=O)O. The van der Waals surface area contributed by atoms with E-state index in [1.807, 2.05) is 11.6 Å². The molecule has 0 aromatic carbocycles. The Morgan fingerprint density at radius 1 is 1.45 bits per heavy atom. The second-order valence-corrected chi connectivity index (χ2v) is 2.78. The number of hydrogen-bond donors (Lipinski definition) is 1. The highest BCUT2D eigenvalue weighted by Gasteiger charge is 1.97. The molecule has 0 rings (SSSR count). The fourth-order valence-electron chi connectivity index (χ4n) is 0.835. The van der Waals surface area contributed by atoms with Gasteiger partial charge in [-0.25, -0.2) is 4.58 Å². The third-order valence-corrected chi connectivity index (χ3v) is 1.43. The summed E-state index contributed by atoms with van der Waals surface area (Å²) >= 11 is 0. The van der Waals surface area contributed by atoms with Gasteiger partial charge in [0.05, 0.1) is 0 Å². The lowest BCUT2D eigenvalue weighted by Crippen LogP contribution is -2.04. The summed E-state index contributed by atoms with van der Waals surface area (Å²) in [5, 5.41) is 8.30. The lowest BCUT2D eigenvalue weighted by atomic mass is 10.2. The third-order valence-electron chi connectivity index (χ3n) is 1.43. The summed E-state index contributed by atoms with van der Waals surface area (Å²) in [5.41, 5.74) is 0. The molecule has 0 saturated carbocycles. The predicted molar refractivity (Wildman–Crippen MR) is 44.3 cm³/mol. The molecular weight excluding hydrogens is 142 g/mol. The van der Waals surface area contributed by atoms with Crippen LogP contribution in [0.1, 0.15) is 25.7 Å². The van der Waals surface area contributed by atoms with Crippen LogP contribution < -0.4 is 0 Å². The monoisotopic (exact) mass is 158 g/mol. The molecule has 0 aromatic heterocycles. The van der Waals surface area contributed by atoms with Crippen LogP contribution in [0.2, 0.25) is 0 Å². The lowest BCUT2D eigenvalue weighted by Gasteiger charge is -1.95. The minimum Gasteiger partial charge on any atom is -0.481 e. The molecule has 0 heterocycles. The molecular formula is C8H16NO2+. The summed E-state index contributed by atoms with van der Waals surface area (Å²) in [6.07, 6.45) is 3.09. The van der Waals surface area contributed by atoms with Gasteiger partial charge in [0.2, 0.25) is 0 Å². The third kappa shape index (κ3) is 9.14. The first-order valence-corrected chi connectivity index (χ1v) is 3.86. The van der Waals surface area contributed by atoms with Gasteiger partial charge in [-0.2, -0.15) is 0 Å². The molecule has 0 fully saturated rings. The molecule has 3 heteroatoms. The number of rotatable bonds is 6. The van der Waals surface area contributed by atoms with Crippen molar-refractivity contribution in [2.24, 2.45) is 0 Å². The standard InChI is InChI=1S/C8H15NO2/c1-9(2)7-5-3-4-6-8(10)11/h1,3-7H2,2H3/p+1. The van der Waals surface area contributed by atoms with E-state index in [1.54, 1.807) is 0 Å². The Morgan fingerprint density at radius 2 is 2.09 bits per heavy atom. The highest BCUT2D eigenvalue weighted by molar-refractivity contribution is 5.66. The first kappa shape index (κ1) is 10.1. The number of nitrogens with zero attached hydrogens (tertiary/aromatic N) is 1. The van der Waals surface area contributed by atoms with Gasteiger partial charge < -0.3 is 5.11 Å². The Hall–Kier alpha value is -0.860. The molecule has 64 valence electrons. The van der Waals surface area contributed by atoms with E-state index in [0.717, 1.165) is 25.8 Å². The minimum atomic E-state index is -0.701. The van der Waals surface area contributed by atoms with Crippen LogP contribution in [0, 0.1) is 0 Å². The molecule has 0 radical (unpaired) electrons. The van der Waals surface area contributed by atoms with Crippen molar-refractivity contribution in [3.63, 3.8) is 0 Å². The van der Waals surface area contributed by atoms with E-state index in [4.69, 9.17) is 5.11 Å². The van der Waals surface area contributed by atoms with Gasteiger partial charge in [-0.3, -0.25) is 4.79 Å². The maximum absolute atomic E-state index is 10.1. The fraction of sp³-hybridized carbons (Fsp3) is 0.750. The van der Waals surface area contributed by atoms with Crippen molar-refractivity contribution < 1.29 is 14.5 Å². The van der Waals surface area contributed by atoms with Crippen LogP contribution in [0.5, 0.6) is 0 Å². The quantitative estimate of drug-likeness (QED) is 0.355. The Morgan fingerprint density at radius 3 is 2.55 bits per heavy atom. The molecule has 1 N–H and O–H groups in total. The maximum atomic E-state index is 10.1. The Balaban J connectivity index is 3.03. The molecule has 3 nitrogen and oxygen atoms in total. The molecule has 0 amide bonds. The average molecular weight is 158 g/mol. The first-order valence-electron chi connectivity index (χ1n) is 3.86. The van der Waals surface area contributed by atoms with E-state index < -0.39 is 5.97 Å². The zero-order chi connectivity index (χ0) is 8.69. The molecule has 0 aliphatic heterocycles. The van der Waals surface area contributed by atoms with Crippen molar-refractivity contribution in [1.29, 1.82) is 0 Å². The van der Waals surface area contributed by atoms with Crippen LogP contribution >= 0.6 is 0 Å². The number of carboxylic acid groups (broad SMARTS) is 1. The van der Waals surface area contributed by atoms with E-state index in [0.29, 0.717) is 6.42 Å². The summed E-state index contributed by atoms with van der Waals surface area (Å²) in [6.45, 7) is 4.63. The van der Waals surface area contributed by atoms with Crippen molar-refractivity contribution in [3.05, 3.63) is 0 Å². The Labute approximate surface area is 67.4 Å². The molecule has 0 unspecified atom stereocenters. The van der Waals surface area contributed by atoms with Crippen LogP contribution in [0.3, 0.4) is 0 Å². The Bertz CT molecular complexity index is 127. The second kappa shape index (κ2) is 5.89. The van der Waals surface area contributed by atoms with Gasteiger partial charge in [-0.15, -0.1) is 0 Å². The molecule has 0 saturated heterocycles. The number of carbonyl (C=O) groups is 1. The highest BCUT2D eigenvalue weighted by Crippen LogP contribution is 1.98. The molecule has 0 bridgehead atoms. The van der Waals surface area contributed by atoms with Crippen LogP contribution in [-0.2, 0) is 4.79 Å². The van der Waals surface area contributed by atoms with Crippen LogP contribution in [0.25, 0.3) is 0 Å². The van der Waals surface area contributed by atoms with E-state index in [-0.39, 0.29) is 0 Å². The molecule has 0 aromatic rings. The molecule has 0 aliphatic rings. The van der Waals surface area contributed by atoms with Crippen LogP contribution in [0.15, 0.2) is 0 Å². The number of aliphatic carboxylic acids is 1. The summed E-state index contributed by atoms with van der Waals surface area (Å²) in [6, 6.07) is 0. The Kier molecular flexibility index (Phi) is 5.43. The highest BCUT2D eigenvalue weighted by atomic mass is 16.4. The zero-order valence-electron chi connectivity index (χ0n) is 7.05. The predicted octanol–water partition coefficient (Wildman–Crippen LogP) is 0.974. The van der Waals surface area contributed by atoms with Gasteiger partial charge in [0.25, 0.3) is 0 Å². The lowest BCUT2D eigenvalue weighted by molar-refractivity contribution is -0.488. The largest absolute Gasteiger partial charge is 0.481 e. The van der Waals surface area contributed by atoms with Crippen molar-refractivity contribution in [2.45, 2.75) is 25.7 Å². The minimum absolute atomic E-state index is 0.293. The van der Waals surface area contributed by atoms with Gasteiger partial charge in [-0.1, -0.05) is 0 Å². The van der Waals surface area contributed by atoms with Crippen molar-refractivity contribution >= 4 is 12.7 Å². The summed E-state index contributed by atoms with van der Waals surface area (Å²) in [4.78, 5) is 10.1. The summed E-state index contributed by atoms with van der Waals surface area (Å²) < 4.78 is 1.86. The molecule has 0 atom stereocenters. The van der Waals surface area contributed by atoms with Gasteiger partial charge >= 0.3 is 5.97 Å². The van der Waals surface area contributed by atoms with E-state index in [1.165, 1.54) is 0 Å². The summed E-state index contributed by atoms with van der Waals surface area (Å²) in [5.74, 6) is -0.701. The number of unbranched alkanes of at least 4 members (excludes halogenated alkanes) is 2. The van der Waals surface area contributed by atoms with Gasteiger partial charge in [0.1, 0.15) is 20.3 Å². The molecule has 0 spiro atoms. The number of hydrogen-bond acceptors (Lipinski definition) is 1. The van der Waals surface area contributed by atoms with Gasteiger partial charge in [0, 0.05) is 12.8 Å². The van der Waals surface area contributed by atoms with Crippen LogP contribution in [0.4, 0.5) is 0 Å². The maximum Gasteiger partial charge on any atom is 0.303 e. The smallest absolute Gasteiger partial charge is 0.303 e. The van der Waals surface area contributed by atoms with Crippen molar-refractivity contribution in [3.8, 4) is 0 Å². The summed E-state index contributed by atoms with van der Waals surface area (Å²) in [7, 11) is 1.91.